The quantitative estimate of drug-likeness (QED) is 0.756. The average molecular weight is 328 g/mol. The summed E-state index contributed by atoms with van der Waals surface area (Å²) >= 11 is 0. The minimum Gasteiger partial charge on any atom is -0.338 e. The highest BCUT2D eigenvalue weighted by atomic mass is 16.5. The van der Waals surface area contributed by atoms with Crippen LogP contribution in [0.2, 0.25) is 0 Å². The fourth-order valence-electron chi connectivity index (χ4n) is 3.16. The van der Waals surface area contributed by atoms with Gasteiger partial charge in [-0.3, -0.25) is 9.80 Å². The third-order valence-corrected chi connectivity index (χ3v) is 4.98. The van der Waals surface area contributed by atoms with Crippen molar-refractivity contribution in [1.29, 1.82) is 10.5 Å². The molecule has 0 aromatic carbocycles. The maximum atomic E-state index is 9.20. The molecule has 1 aliphatic heterocycles. The molecule has 3 rings (SSSR count). The van der Waals surface area contributed by atoms with Gasteiger partial charge in [-0.2, -0.15) is 15.5 Å². The van der Waals surface area contributed by atoms with Gasteiger partial charge in [0.25, 0.3) is 0 Å². The lowest BCUT2D eigenvalue weighted by Crippen LogP contribution is -2.48. The molecule has 1 aliphatic carbocycles. The van der Waals surface area contributed by atoms with Gasteiger partial charge in [-0.15, -0.1) is 0 Å². The first kappa shape index (κ1) is 16.9. The van der Waals surface area contributed by atoms with Crippen LogP contribution < -0.4 is 0 Å². The topological polar surface area (TPSA) is 93.0 Å². The highest BCUT2D eigenvalue weighted by molar-refractivity contribution is 5.05. The van der Waals surface area contributed by atoms with Crippen LogP contribution in [-0.2, 0) is 0 Å². The average Bonchev–Trinajstić information content (AvgIpc) is 3.35. The number of hydrogen-bond donors (Lipinski definition) is 0. The Morgan fingerprint density at radius 3 is 2.62 bits per heavy atom. The molecular formula is C17H24N6O. The summed E-state index contributed by atoms with van der Waals surface area (Å²) in [6.07, 6.45) is 3.47. The second-order valence-corrected chi connectivity index (χ2v) is 6.80. The Morgan fingerprint density at radius 2 is 2.00 bits per heavy atom. The number of nitriles is 2. The second kappa shape index (κ2) is 7.74. The van der Waals surface area contributed by atoms with Gasteiger partial charge in [0.1, 0.15) is 0 Å². The molecule has 0 unspecified atom stereocenters. The minimum atomic E-state index is -0.0503. The molecule has 0 amide bonds. The summed E-state index contributed by atoms with van der Waals surface area (Å²) in [5.74, 6) is 2.05. The summed E-state index contributed by atoms with van der Waals surface area (Å²) in [6.45, 7) is 6.59. The number of piperazine rings is 1. The Hall–Kier alpha value is -1.96. The van der Waals surface area contributed by atoms with E-state index >= 15 is 0 Å². The van der Waals surface area contributed by atoms with Crippen LogP contribution in [0.3, 0.4) is 0 Å². The molecule has 7 heteroatoms. The molecule has 24 heavy (non-hydrogen) atoms. The van der Waals surface area contributed by atoms with Crippen LogP contribution in [0.4, 0.5) is 0 Å². The first-order valence-corrected chi connectivity index (χ1v) is 8.77. The standard InChI is InChI=1S/C17H24N6O/c1-13(17-20-16(21-24-17)15-4-5-15)23-9-7-22(8-10-23)12-14(11-19)3-2-6-18/h13-15H,2-5,7-10,12H2,1H3/t13-,14-/m0/s1. The van der Waals surface area contributed by atoms with Gasteiger partial charge >= 0.3 is 0 Å². The van der Waals surface area contributed by atoms with Crippen LogP contribution in [0.5, 0.6) is 0 Å². The Morgan fingerprint density at radius 1 is 1.25 bits per heavy atom. The van der Waals surface area contributed by atoms with E-state index in [0.29, 0.717) is 24.7 Å². The maximum Gasteiger partial charge on any atom is 0.243 e. The van der Waals surface area contributed by atoms with Crippen LogP contribution in [-0.4, -0.2) is 52.7 Å². The van der Waals surface area contributed by atoms with Crippen molar-refractivity contribution in [1.82, 2.24) is 19.9 Å². The zero-order chi connectivity index (χ0) is 16.9. The van der Waals surface area contributed by atoms with Crippen molar-refractivity contribution < 1.29 is 4.52 Å². The molecule has 2 atom stereocenters. The van der Waals surface area contributed by atoms with E-state index in [-0.39, 0.29) is 12.0 Å². The highest BCUT2D eigenvalue weighted by Gasteiger charge is 2.31. The predicted octanol–water partition coefficient (Wildman–Crippen LogP) is 2.07. The molecule has 2 aliphatic rings. The molecule has 1 aromatic heterocycles. The van der Waals surface area contributed by atoms with Crippen LogP contribution >= 0.6 is 0 Å². The van der Waals surface area contributed by atoms with Crippen LogP contribution in [0.25, 0.3) is 0 Å². The van der Waals surface area contributed by atoms with E-state index in [2.05, 4.69) is 39.0 Å². The molecule has 0 N–H and O–H groups in total. The van der Waals surface area contributed by atoms with Crippen molar-refractivity contribution in [3.05, 3.63) is 11.7 Å². The monoisotopic (exact) mass is 328 g/mol. The summed E-state index contributed by atoms with van der Waals surface area (Å²) in [4.78, 5) is 9.23. The van der Waals surface area contributed by atoms with Crippen molar-refractivity contribution in [2.45, 2.75) is 44.6 Å². The van der Waals surface area contributed by atoms with Gasteiger partial charge < -0.3 is 4.52 Å². The normalized spacial score (nSPS) is 21.8. The van der Waals surface area contributed by atoms with E-state index < -0.39 is 0 Å². The lowest BCUT2D eigenvalue weighted by atomic mass is 10.0. The minimum absolute atomic E-state index is 0.0503. The fraction of sp³-hybridized carbons (Fsp3) is 0.765. The first-order chi connectivity index (χ1) is 11.7. The molecule has 1 saturated heterocycles. The van der Waals surface area contributed by atoms with Gasteiger partial charge in [0, 0.05) is 45.1 Å². The first-order valence-electron chi connectivity index (χ1n) is 8.77. The van der Waals surface area contributed by atoms with Gasteiger partial charge in [0.15, 0.2) is 5.82 Å². The molecular weight excluding hydrogens is 304 g/mol. The largest absolute Gasteiger partial charge is 0.338 e. The number of hydrogen-bond acceptors (Lipinski definition) is 7. The summed E-state index contributed by atoms with van der Waals surface area (Å²) in [6, 6.07) is 4.58. The molecule has 128 valence electrons. The lowest BCUT2D eigenvalue weighted by Gasteiger charge is -2.37. The van der Waals surface area contributed by atoms with E-state index in [1.54, 1.807) is 0 Å². The summed E-state index contributed by atoms with van der Waals surface area (Å²) in [5.41, 5.74) is 0. The van der Waals surface area contributed by atoms with Crippen molar-refractivity contribution >= 4 is 0 Å². The molecule has 0 bridgehead atoms. The van der Waals surface area contributed by atoms with Crippen LogP contribution in [0.15, 0.2) is 4.52 Å². The fourth-order valence-corrected chi connectivity index (χ4v) is 3.16. The number of rotatable bonds is 7. The molecule has 0 radical (unpaired) electrons. The third-order valence-electron chi connectivity index (χ3n) is 4.98. The van der Waals surface area contributed by atoms with Gasteiger partial charge in [0.2, 0.25) is 5.89 Å². The van der Waals surface area contributed by atoms with E-state index in [1.165, 1.54) is 12.8 Å². The van der Waals surface area contributed by atoms with Gasteiger partial charge in [-0.25, -0.2) is 0 Å². The molecule has 7 nitrogen and oxygen atoms in total. The summed E-state index contributed by atoms with van der Waals surface area (Å²) < 4.78 is 5.44. The van der Waals surface area contributed by atoms with Crippen molar-refractivity contribution in [3.63, 3.8) is 0 Å². The zero-order valence-corrected chi connectivity index (χ0v) is 14.2. The van der Waals surface area contributed by atoms with E-state index in [4.69, 9.17) is 9.78 Å². The highest BCUT2D eigenvalue weighted by Crippen LogP contribution is 2.38. The molecule has 1 saturated carbocycles. The van der Waals surface area contributed by atoms with Crippen molar-refractivity contribution in [2.24, 2.45) is 5.92 Å². The van der Waals surface area contributed by atoms with Gasteiger partial charge in [-0.05, 0) is 26.2 Å². The molecule has 2 heterocycles. The lowest BCUT2D eigenvalue weighted by molar-refractivity contribution is 0.0828. The molecule has 2 fully saturated rings. The Balaban J connectivity index is 1.47. The third kappa shape index (κ3) is 4.11. The van der Waals surface area contributed by atoms with Gasteiger partial charge in [0.05, 0.1) is 24.1 Å². The van der Waals surface area contributed by atoms with E-state index in [0.717, 1.165) is 38.5 Å². The predicted molar refractivity (Wildman–Crippen MR) is 86.7 cm³/mol. The summed E-state index contributed by atoms with van der Waals surface area (Å²) in [7, 11) is 0. The van der Waals surface area contributed by atoms with E-state index in [1.807, 2.05) is 0 Å². The number of nitrogens with zero attached hydrogens (tertiary/aromatic N) is 6. The van der Waals surface area contributed by atoms with E-state index in [9.17, 15) is 5.26 Å². The van der Waals surface area contributed by atoms with Crippen molar-refractivity contribution in [3.8, 4) is 12.1 Å². The molecule has 0 spiro atoms. The molecule has 1 aromatic rings. The number of aromatic nitrogens is 2. The summed E-state index contributed by atoms with van der Waals surface area (Å²) in [5, 5.41) is 22.0. The van der Waals surface area contributed by atoms with Crippen LogP contribution in [0.1, 0.15) is 56.3 Å². The zero-order valence-electron chi connectivity index (χ0n) is 14.2. The van der Waals surface area contributed by atoms with Gasteiger partial charge in [-0.1, -0.05) is 5.16 Å². The second-order valence-electron chi connectivity index (χ2n) is 6.80. The van der Waals surface area contributed by atoms with Crippen molar-refractivity contribution in [2.75, 3.05) is 32.7 Å². The van der Waals surface area contributed by atoms with Crippen LogP contribution in [0, 0.1) is 28.6 Å². The Labute approximate surface area is 142 Å². The maximum absolute atomic E-state index is 9.20. The Bertz CT molecular complexity index is 618. The smallest absolute Gasteiger partial charge is 0.243 e. The Kier molecular flexibility index (Phi) is 5.44. The SMILES string of the molecule is C[C@@H](c1nc(C2CC2)no1)N1CCN(C[C@H](C#N)CCC#N)CC1.